The Morgan fingerprint density at radius 3 is 2.46 bits per heavy atom. The molecule has 2 unspecified atom stereocenters. The van der Waals surface area contributed by atoms with Gasteiger partial charge in [-0.1, -0.05) is 68.9 Å². The molecule has 1 N–H and O–H groups in total. The minimum Gasteiger partial charge on any atom is -0.309 e. The molecule has 0 fully saturated rings. The van der Waals surface area contributed by atoms with E-state index in [4.69, 9.17) is 0 Å². The fourth-order valence-electron chi connectivity index (χ4n) is 3.13. The van der Waals surface area contributed by atoms with E-state index >= 15 is 0 Å². The molecule has 2 nitrogen and oxygen atoms in total. The summed E-state index contributed by atoms with van der Waals surface area (Å²) < 4.78 is 0. The lowest BCUT2D eigenvalue weighted by molar-refractivity contribution is 0.446. The normalized spacial score (nSPS) is 15.3. The van der Waals surface area contributed by atoms with Crippen LogP contribution < -0.4 is 5.32 Å². The number of allylic oxidation sites excluding steroid dienone is 6. The van der Waals surface area contributed by atoms with Gasteiger partial charge in [-0.2, -0.15) is 0 Å². The molecule has 0 aromatic carbocycles. The minimum atomic E-state index is 0.280. The van der Waals surface area contributed by atoms with Gasteiger partial charge in [-0.05, 0) is 58.4 Å². The Balaban J connectivity index is 5.10. The Hall–Kier alpha value is -1.41. The van der Waals surface area contributed by atoms with Gasteiger partial charge in [0, 0.05) is 25.2 Å². The molecule has 0 saturated carbocycles. The van der Waals surface area contributed by atoms with Crippen molar-refractivity contribution in [3.8, 4) is 0 Å². The first kappa shape index (κ1) is 24.6. The number of aliphatic imine (C=N–C) groups is 1. The lowest BCUT2D eigenvalue weighted by atomic mass is 9.85. The first-order chi connectivity index (χ1) is 12.6. The van der Waals surface area contributed by atoms with Crippen LogP contribution in [0, 0.1) is 5.92 Å². The maximum Gasteiger partial charge on any atom is 0.0486 e. The smallest absolute Gasteiger partial charge is 0.0486 e. The Kier molecular flexibility index (Phi) is 16.1. The molecule has 0 radical (unpaired) electrons. The highest BCUT2D eigenvalue weighted by Crippen LogP contribution is 2.26. The first-order valence-corrected chi connectivity index (χ1v) is 10.4. The Morgan fingerprint density at radius 2 is 1.88 bits per heavy atom. The van der Waals surface area contributed by atoms with E-state index in [1.54, 1.807) is 0 Å². The third-order valence-corrected chi connectivity index (χ3v) is 4.55. The molecule has 0 aromatic rings. The lowest BCUT2D eigenvalue weighted by Gasteiger charge is -2.27. The standard InChI is InChI=1S/C24H42N2/c1-7-11-13-16-23(24(20-25-6)26-19-10-4)21(5)17-18-22(14-9-3)15-12-8-2/h7,11-12,14-15,20,23-24,26H,5,8-10,13,16-19H2,1-4,6H3/b11-7-,15-12-,22-14+,25-20?. The largest absolute Gasteiger partial charge is 0.309 e. The molecular formula is C24H42N2. The highest BCUT2D eigenvalue weighted by Gasteiger charge is 2.21. The van der Waals surface area contributed by atoms with Gasteiger partial charge < -0.3 is 5.32 Å². The number of hydrogen-bond acceptors (Lipinski definition) is 2. The van der Waals surface area contributed by atoms with Crippen LogP contribution in [0.3, 0.4) is 0 Å². The van der Waals surface area contributed by atoms with Crippen LogP contribution >= 0.6 is 0 Å². The summed E-state index contributed by atoms with van der Waals surface area (Å²) in [6, 6.07) is 0.280. The Bertz CT molecular complexity index is 469. The SMILES string of the molecule is C=C(CCC(/C=C\CC)=C/CC)C(CC/C=C\C)C(C=NC)NCCC. The molecular weight excluding hydrogens is 316 g/mol. The quantitative estimate of drug-likeness (QED) is 0.197. The third kappa shape index (κ3) is 11.3. The van der Waals surface area contributed by atoms with Crippen molar-refractivity contribution in [3.63, 3.8) is 0 Å². The highest BCUT2D eigenvalue weighted by atomic mass is 14.9. The van der Waals surface area contributed by atoms with Gasteiger partial charge >= 0.3 is 0 Å². The monoisotopic (exact) mass is 358 g/mol. The zero-order valence-corrected chi connectivity index (χ0v) is 17.9. The van der Waals surface area contributed by atoms with Crippen LogP contribution in [0.4, 0.5) is 0 Å². The molecule has 0 bridgehead atoms. The second-order valence-corrected chi connectivity index (χ2v) is 6.80. The van der Waals surface area contributed by atoms with Crippen molar-refractivity contribution in [3.05, 3.63) is 48.1 Å². The molecule has 0 aromatic heterocycles. The van der Waals surface area contributed by atoms with Crippen molar-refractivity contribution in [1.29, 1.82) is 0 Å². The van der Waals surface area contributed by atoms with Gasteiger partial charge in [0.05, 0.1) is 0 Å². The zero-order chi connectivity index (χ0) is 19.6. The fraction of sp³-hybridized carbons (Fsp3) is 0.625. The molecule has 26 heavy (non-hydrogen) atoms. The molecule has 0 spiro atoms. The summed E-state index contributed by atoms with van der Waals surface area (Å²) >= 11 is 0. The van der Waals surface area contributed by atoms with Crippen molar-refractivity contribution in [2.45, 2.75) is 78.7 Å². The van der Waals surface area contributed by atoms with Crippen molar-refractivity contribution in [1.82, 2.24) is 5.32 Å². The summed E-state index contributed by atoms with van der Waals surface area (Å²) in [5.41, 5.74) is 2.78. The number of hydrogen-bond donors (Lipinski definition) is 1. The average Bonchev–Trinajstić information content (AvgIpc) is 2.64. The lowest BCUT2D eigenvalue weighted by Crippen LogP contribution is -2.39. The third-order valence-electron chi connectivity index (χ3n) is 4.55. The second-order valence-electron chi connectivity index (χ2n) is 6.80. The Morgan fingerprint density at radius 1 is 1.12 bits per heavy atom. The highest BCUT2D eigenvalue weighted by molar-refractivity contribution is 5.65. The summed E-state index contributed by atoms with van der Waals surface area (Å²) in [5, 5.41) is 3.66. The molecule has 0 amide bonds. The predicted molar refractivity (Wildman–Crippen MR) is 120 cm³/mol. The van der Waals surface area contributed by atoms with E-state index in [-0.39, 0.29) is 6.04 Å². The van der Waals surface area contributed by atoms with Crippen LogP contribution in [0.2, 0.25) is 0 Å². The van der Waals surface area contributed by atoms with Gasteiger partial charge in [-0.15, -0.1) is 0 Å². The van der Waals surface area contributed by atoms with Crippen molar-refractivity contribution in [2.24, 2.45) is 10.9 Å². The maximum absolute atomic E-state index is 4.48. The van der Waals surface area contributed by atoms with E-state index in [1.165, 1.54) is 11.1 Å². The van der Waals surface area contributed by atoms with E-state index in [0.29, 0.717) is 5.92 Å². The van der Waals surface area contributed by atoms with E-state index in [0.717, 1.165) is 51.5 Å². The van der Waals surface area contributed by atoms with Crippen molar-refractivity contribution < 1.29 is 0 Å². The summed E-state index contributed by atoms with van der Waals surface area (Å²) in [4.78, 5) is 4.32. The molecule has 148 valence electrons. The van der Waals surface area contributed by atoms with Crippen LogP contribution in [0.5, 0.6) is 0 Å². The fourth-order valence-corrected chi connectivity index (χ4v) is 3.13. The summed E-state index contributed by atoms with van der Waals surface area (Å²) in [7, 11) is 1.87. The zero-order valence-electron chi connectivity index (χ0n) is 17.9. The molecule has 0 heterocycles. The summed E-state index contributed by atoms with van der Waals surface area (Å²) in [5.74, 6) is 0.430. The Labute approximate surface area is 163 Å². The van der Waals surface area contributed by atoms with Gasteiger partial charge in [0.1, 0.15) is 0 Å². The van der Waals surface area contributed by atoms with Gasteiger partial charge in [0.2, 0.25) is 0 Å². The first-order valence-electron chi connectivity index (χ1n) is 10.4. The van der Waals surface area contributed by atoms with Gasteiger partial charge in [0.15, 0.2) is 0 Å². The molecule has 0 rings (SSSR count). The molecule has 0 aliphatic rings. The van der Waals surface area contributed by atoms with Crippen LogP contribution in [-0.4, -0.2) is 25.8 Å². The number of nitrogens with one attached hydrogen (secondary N) is 1. The molecule has 0 saturated heterocycles. The van der Waals surface area contributed by atoms with Crippen LogP contribution in [0.1, 0.15) is 72.6 Å². The van der Waals surface area contributed by atoms with Crippen LogP contribution in [-0.2, 0) is 0 Å². The maximum atomic E-state index is 4.48. The van der Waals surface area contributed by atoms with E-state index < -0.39 is 0 Å². The van der Waals surface area contributed by atoms with Crippen molar-refractivity contribution >= 4 is 6.21 Å². The summed E-state index contributed by atoms with van der Waals surface area (Å²) in [6.07, 6.45) is 21.0. The topological polar surface area (TPSA) is 24.4 Å². The van der Waals surface area contributed by atoms with Gasteiger partial charge in [-0.25, -0.2) is 0 Å². The van der Waals surface area contributed by atoms with Gasteiger partial charge in [-0.3, -0.25) is 4.99 Å². The van der Waals surface area contributed by atoms with Crippen LogP contribution in [0.15, 0.2) is 53.1 Å². The van der Waals surface area contributed by atoms with Crippen LogP contribution in [0.25, 0.3) is 0 Å². The summed E-state index contributed by atoms with van der Waals surface area (Å²) in [6.45, 7) is 14.2. The van der Waals surface area contributed by atoms with E-state index in [1.807, 2.05) is 7.05 Å². The minimum absolute atomic E-state index is 0.280. The number of nitrogens with zero attached hydrogens (tertiary/aromatic N) is 1. The molecule has 2 heteroatoms. The second kappa shape index (κ2) is 17.0. The van der Waals surface area contributed by atoms with E-state index in [2.05, 4.69) is 81.2 Å². The molecule has 0 aliphatic heterocycles. The number of rotatable bonds is 15. The van der Waals surface area contributed by atoms with Gasteiger partial charge in [0.25, 0.3) is 0 Å². The molecule has 2 atom stereocenters. The predicted octanol–water partition coefficient (Wildman–Crippen LogP) is 6.67. The van der Waals surface area contributed by atoms with E-state index in [9.17, 15) is 0 Å². The average molecular weight is 359 g/mol. The molecule has 0 aliphatic carbocycles. The van der Waals surface area contributed by atoms with Crippen molar-refractivity contribution in [2.75, 3.05) is 13.6 Å².